The van der Waals surface area contributed by atoms with Gasteiger partial charge < -0.3 is 0 Å². The summed E-state index contributed by atoms with van der Waals surface area (Å²) in [7, 11) is 0. The second kappa shape index (κ2) is 4.00. The molecule has 1 aliphatic rings. The summed E-state index contributed by atoms with van der Waals surface area (Å²) in [5, 5.41) is 0. The Balaban J connectivity index is 2.28. The lowest BCUT2D eigenvalue weighted by Gasteiger charge is -2.21. The number of hydrogen-bond acceptors (Lipinski definition) is 0. The Morgan fingerprint density at radius 2 is 1.90 bits per heavy atom. The molecule has 0 saturated heterocycles. The van der Waals surface area contributed by atoms with Gasteiger partial charge in [0.2, 0.25) is 0 Å². The Morgan fingerprint density at radius 3 is 2.70 bits per heavy atom. The van der Waals surface area contributed by atoms with Crippen LogP contribution in [0.4, 0.5) is 0 Å². The molecule has 0 N–H and O–H groups in total. The van der Waals surface area contributed by atoms with Gasteiger partial charge in [-0.25, -0.2) is 0 Å². The molecule has 2 atom stereocenters. The molecule has 59 valence electrons. The zero-order valence-electron chi connectivity index (χ0n) is 7.27. The van der Waals surface area contributed by atoms with Crippen LogP contribution in [-0.2, 0) is 0 Å². The third kappa shape index (κ3) is 2.32. The largest absolute Gasteiger partial charge is 0.0622 e. The SMILES string of the molecule is CC1[CH]CCCCCC1C. The van der Waals surface area contributed by atoms with Crippen LogP contribution in [0.5, 0.6) is 0 Å². The van der Waals surface area contributed by atoms with Gasteiger partial charge in [0.05, 0.1) is 0 Å². The van der Waals surface area contributed by atoms with Crippen molar-refractivity contribution in [1.82, 2.24) is 0 Å². The molecule has 0 amide bonds. The quantitative estimate of drug-likeness (QED) is 0.482. The highest BCUT2D eigenvalue weighted by Gasteiger charge is 2.13. The average molecular weight is 139 g/mol. The van der Waals surface area contributed by atoms with Crippen molar-refractivity contribution in [2.45, 2.75) is 46.0 Å². The summed E-state index contributed by atoms with van der Waals surface area (Å²) in [4.78, 5) is 0. The molecule has 2 unspecified atom stereocenters. The summed E-state index contributed by atoms with van der Waals surface area (Å²) in [6.07, 6.45) is 9.64. The molecule has 0 heteroatoms. The van der Waals surface area contributed by atoms with Crippen molar-refractivity contribution >= 4 is 0 Å². The normalized spacial score (nSPS) is 36.6. The van der Waals surface area contributed by atoms with E-state index >= 15 is 0 Å². The van der Waals surface area contributed by atoms with E-state index in [1.165, 1.54) is 32.1 Å². The maximum atomic E-state index is 2.50. The molecule has 1 aliphatic carbocycles. The van der Waals surface area contributed by atoms with Crippen LogP contribution in [0.25, 0.3) is 0 Å². The first-order valence-electron chi connectivity index (χ1n) is 4.64. The zero-order valence-corrected chi connectivity index (χ0v) is 7.27. The van der Waals surface area contributed by atoms with Crippen molar-refractivity contribution in [2.24, 2.45) is 11.8 Å². The Kier molecular flexibility index (Phi) is 3.24. The van der Waals surface area contributed by atoms with Gasteiger partial charge >= 0.3 is 0 Å². The Morgan fingerprint density at radius 1 is 1.10 bits per heavy atom. The van der Waals surface area contributed by atoms with Crippen LogP contribution in [0.2, 0.25) is 0 Å². The van der Waals surface area contributed by atoms with Crippen molar-refractivity contribution in [3.63, 3.8) is 0 Å². The second-order valence-electron chi connectivity index (χ2n) is 3.71. The fraction of sp³-hybridized carbons (Fsp3) is 0.900. The molecule has 0 aromatic carbocycles. The summed E-state index contributed by atoms with van der Waals surface area (Å²) in [6.45, 7) is 4.74. The molecular weight excluding hydrogens is 120 g/mol. The lowest BCUT2D eigenvalue weighted by atomic mass is 9.84. The summed E-state index contributed by atoms with van der Waals surface area (Å²) in [6, 6.07) is 0. The lowest BCUT2D eigenvalue weighted by Crippen LogP contribution is -2.10. The number of rotatable bonds is 0. The Bertz CT molecular complexity index is 74.0. The fourth-order valence-corrected chi connectivity index (χ4v) is 1.66. The van der Waals surface area contributed by atoms with Gasteiger partial charge in [0, 0.05) is 0 Å². The first-order chi connectivity index (χ1) is 4.80. The van der Waals surface area contributed by atoms with Crippen LogP contribution >= 0.6 is 0 Å². The highest BCUT2D eigenvalue weighted by atomic mass is 14.2. The van der Waals surface area contributed by atoms with Crippen molar-refractivity contribution in [1.29, 1.82) is 0 Å². The van der Waals surface area contributed by atoms with Gasteiger partial charge in [0.25, 0.3) is 0 Å². The molecule has 10 heavy (non-hydrogen) atoms. The molecule has 0 spiro atoms. The van der Waals surface area contributed by atoms with E-state index in [1.54, 1.807) is 0 Å². The summed E-state index contributed by atoms with van der Waals surface area (Å²) < 4.78 is 0. The molecule has 0 aromatic rings. The zero-order chi connectivity index (χ0) is 7.40. The molecule has 0 aromatic heterocycles. The van der Waals surface area contributed by atoms with Crippen LogP contribution in [0.3, 0.4) is 0 Å². The van der Waals surface area contributed by atoms with Gasteiger partial charge in [-0.3, -0.25) is 0 Å². The topological polar surface area (TPSA) is 0 Å². The molecule has 1 saturated carbocycles. The van der Waals surface area contributed by atoms with Gasteiger partial charge in [-0.05, 0) is 24.7 Å². The summed E-state index contributed by atoms with van der Waals surface area (Å²) in [5.41, 5.74) is 0. The monoisotopic (exact) mass is 139 g/mol. The van der Waals surface area contributed by atoms with E-state index in [2.05, 4.69) is 20.3 Å². The Hall–Kier alpha value is 0. The lowest BCUT2D eigenvalue weighted by molar-refractivity contribution is 0.359. The van der Waals surface area contributed by atoms with Crippen molar-refractivity contribution in [2.75, 3.05) is 0 Å². The highest BCUT2D eigenvalue weighted by molar-refractivity contribution is 4.78. The van der Waals surface area contributed by atoms with E-state index < -0.39 is 0 Å². The fourth-order valence-electron chi connectivity index (χ4n) is 1.66. The Labute approximate surface area is 65.0 Å². The first-order valence-corrected chi connectivity index (χ1v) is 4.64. The third-order valence-corrected chi connectivity index (χ3v) is 2.80. The third-order valence-electron chi connectivity index (χ3n) is 2.80. The molecule has 0 aliphatic heterocycles. The van der Waals surface area contributed by atoms with Crippen LogP contribution < -0.4 is 0 Å². The van der Waals surface area contributed by atoms with E-state index in [0.717, 1.165) is 11.8 Å². The van der Waals surface area contributed by atoms with E-state index in [1.807, 2.05) is 0 Å². The van der Waals surface area contributed by atoms with E-state index in [4.69, 9.17) is 0 Å². The molecule has 0 heterocycles. The average Bonchev–Trinajstić information content (AvgIpc) is 1.92. The second-order valence-corrected chi connectivity index (χ2v) is 3.71. The van der Waals surface area contributed by atoms with E-state index in [-0.39, 0.29) is 0 Å². The van der Waals surface area contributed by atoms with Crippen molar-refractivity contribution in [3.05, 3.63) is 6.42 Å². The molecule has 1 fully saturated rings. The van der Waals surface area contributed by atoms with Gasteiger partial charge in [0.1, 0.15) is 0 Å². The van der Waals surface area contributed by atoms with Gasteiger partial charge in [-0.2, -0.15) is 0 Å². The van der Waals surface area contributed by atoms with Crippen LogP contribution in [0.15, 0.2) is 0 Å². The van der Waals surface area contributed by atoms with Gasteiger partial charge in [-0.1, -0.05) is 39.5 Å². The van der Waals surface area contributed by atoms with Crippen LogP contribution in [0, 0.1) is 18.3 Å². The standard InChI is InChI=1S/C10H19/c1-9-7-5-3-4-6-8-10(9)2/h7,9-10H,3-6,8H2,1-2H3. The predicted octanol–water partition coefficient (Wildman–Crippen LogP) is 3.43. The first kappa shape index (κ1) is 8.10. The van der Waals surface area contributed by atoms with Crippen LogP contribution in [0.1, 0.15) is 46.0 Å². The van der Waals surface area contributed by atoms with E-state index in [9.17, 15) is 0 Å². The minimum absolute atomic E-state index is 0.861. The maximum Gasteiger partial charge on any atom is -0.0355 e. The van der Waals surface area contributed by atoms with Gasteiger partial charge in [0.15, 0.2) is 0 Å². The highest BCUT2D eigenvalue weighted by Crippen LogP contribution is 2.25. The molecule has 1 rings (SSSR count). The predicted molar refractivity (Wildman–Crippen MR) is 45.7 cm³/mol. The minimum atomic E-state index is 0.861. The van der Waals surface area contributed by atoms with Gasteiger partial charge in [-0.15, -0.1) is 0 Å². The smallest absolute Gasteiger partial charge is 0.0355 e. The van der Waals surface area contributed by atoms with E-state index in [0.29, 0.717) is 0 Å². The summed E-state index contributed by atoms with van der Waals surface area (Å²) >= 11 is 0. The van der Waals surface area contributed by atoms with Crippen molar-refractivity contribution < 1.29 is 0 Å². The molecule has 0 nitrogen and oxygen atoms in total. The maximum absolute atomic E-state index is 2.50. The molecular formula is C10H19. The molecule has 0 bridgehead atoms. The van der Waals surface area contributed by atoms with Crippen molar-refractivity contribution in [3.8, 4) is 0 Å². The van der Waals surface area contributed by atoms with Crippen LogP contribution in [-0.4, -0.2) is 0 Å². The number of hydrogen-bond donors (Lipinski definition) is 0. The summed E-state index contributed by atoms with van der Waals surface area (Å²) in [5.74, 6) is 1.79. The molecule has 1 radical (unpaired) electrons. The minimum Gasteiger partial charge on any atom is -0.0622 e.